The van der Waals surface area contributed by atoms with Gasteiger partial charge in [0.05, 0.1) is 0 Å². The SMILES string of the molecule is CC[C@@H]1CC=C(C)C[C@H]1C. The number of hydrogen-bond donors (Lipinski definition) is 0. The molecule has 10 heavy (non-hydrogen) atoms. The third-order valence-corrected chi connectivity index (χ3v) is 2.74. The topological polar surface area (TPSA) is 0 Å². The van der Waals surface area contributed by atoms with Crippen molar-refractivity contribution in [1.29, 1.82) is 0 Å². The molecule has 0 radical (unpaired) electrons. The van der Waals surface area contributed by atoms with Gasteiger partial charge in [0.25, 0.3) is 0 Å². The predicted molar refractivity (Wildman–Crippen MR) is 45.9 cm³/mol. The summed E-state index contributed by atoms with van der Waals surface area (Å²) in [5.41, 5.74) is 1.59. The Balaban J connectivity index is 2.52. The van der Waals surface area contributed by atoms with E-state index in [0.29, 0.717) is 0 Å². The van der Waals surface area contributed by atoms with Crippen molar-refractivity contribution in [3.05, 3.63) is 11.6 Å². The average molecular weight is 138 g/mol. The number of rotatable bonds is 1. The summed E-state index contributed by atoms with van der Waals surface area (Å²) in [6, 6.07) is 0. The molecule has 0 fully saturated rings. The molecule has 2 atom stereocenters. The highest BCUT2D eigenvalue weighted by Gasteiger charge is 2.18. The van der Waals surface area contributed by atoms with E-state index < -0.39 is 0 Å². The summed E-state index contributed by atoms with van der Waals surface area (Å²) in [7, 11) is 0. The first-order valence-electron chi connectivity index (χ1n) is 4.39. The Morgan fingerprint density at radius 1 is 1.60 bits per heavy atom. The smallest absolute Gasteiger partial charge is 0.0294 e. The second-order valence-corrected chi connectivity index (χ2v) is 3.64. The molecule has 1 aliphatic carbocycles. The van der Waals surface area contributed by atoms with Crippen LogP contribution in [0.4, 0.5) is 0 Å². The lowest BCUT2D eigenvalue weighted by Gasteiger charge is -2.26. The Morgan fingerprint density at radius 3 is 2.80 bits per heavy atom. The van der Waals surface area contributed by atoms with Crippen molar-refractivity contribution in [2.24, 2.45) is 11.8 Å². The first-order chi connectivity index (χ1) is 4.74. The van der Waals surface area contributed by atoms with Gasteiger partial charge in [0.2, 0.25) is 0 Å². The summed E-state index contributed by atoms with van der Waals surface area (Å²) in [6.45, 7) is 6.93. The van der Waals surface area contributed by atoms with Crippen molar-refractivity contribution < 1.29 is 0 Å². The zero-order chi connectivity index (χ0) is 7.56. The Hall–Kier alpha value is -0.260. The molecule has 0 aliphatic heterocycles. The van der Waals surface area contributed by atoms with Crippen LogP contribution in [0.15, 0.2) is 11.6 Å². The molecule has 1 rings (SSSR count). The van der Waals surface area contributed by atoms with Gasteiger partial charge in [-0.2, -0.15) is 0 Å². The second-order valence-electron chi connectivity index (χ2n) is 3.64. The highest BCUT2D eigenvalue weighted by Crippen LogP contribution is 2.30. The van der Waals surface area contributed by atoms with E-state index in [1.165, 1.54) is 19.3 Å². The molecule has 0 amide bonds. The molecule has 0 aromatic carbocycles. The van der Waals surface area contributed by atoms with E-state index in [-0.39, 0.29) is 0 Å². The molecular formula is C10H18. The lowest BCUT2D eigenvalue weighted by Crippen LogP contribution is -2.14. The van der Waals surface area contributed by atoms with Gasteiger partial charge >= 0.3 is 0 Å². The fourth-order valence-electron chi connectivity index (χ4n) is 1.91. The molecule has 1 aliphatic rings. The van der Waals surface area contributed by atoms with Crippen molar-refractivity contribution in [3.8, 4) is 0 Å². The summed E-state index contributed by atoms with van der Waals surface area (Å²) in [4.78, 5) is 0. The quantitative estimate of drug-likeness (QED) is 0.487. The van der Waals surface area contributed by atoms with E-state index in [9.17, 15) is 0 Å². The van der Waals surface area contributed by atoms with Crippen LogP contribution in [0, 0.1) is 11.8 Å². The van der Waals surface area contributed by atoms with Gasteiger partial charge in [-0.05, 0) is 31.6 Å². The van der Waals surface area contributed by atoms with Crippen molar-refractivity contribution in [2.75, 3.05) is 0 Å². The number of allylic oxidation sites excluding steroid dienone is 2. The fourth-order valence-corrected chi connectivity index (χ4v) is 1.91. The third-order valence-electron chi connectivity index (χ3n) is 2.74. The monoisotopic (exact) mass is 138 g/mol. The van der Waals surface area contributed by atoms with Gasteiger partial charge in [0, 0.05) is 0 Å². The van der Waals surface area contributed by atoms with E-state index >= 15 is 0 Å². The summed E-state index contributed by atoms with van der Waals surface area (Å²) in [6.07, 6.45) is 6.42. The van der Waals surface area contributed by atoms with Crippen molar-refractivity contribution in [1.82, 2.24) is 0 Å². The van der Waals surface area contributed by atoms with Crippen LogP contribution in [0.3, 0.4) is 0 Å². The standard InChI is InChI=1S/C10H18/c1-4-10-6-5-8(2)7-9(10)3/h5,9-10H,4,6-7H2,1-3H3/t9-,10-/m1/s1. The van der Waals surface area contributed by atoms with Crippen LogP contribution in [-0.4, -0.2) is 0 Å². The fraction of sp³-hybridized carbons (Fsp3) is 0.800. The summed E-state index contributed by atoms with van der Waals surface area (Å²) in [5.74, 6) is 1.89. The molecule has 0 heteroatoms. The number of hydrogen-bond acceptors (Lipinski definition) is 0. The first kappa shape index (κ1) is 7.84. The molecule has 0 unspecified atom stereocenters. The van der Waals surface area contributed by atoms with Gasteiger partial charge in [0.15, 0.2) is 0 Å². The van der Waals surface area contributed by atoms with Gasteiger partial charge < -0.3 is 0 Å². The minimum Gasteiger partial charge on any atom is -0.0853 e. The molecule has 0 saturated carbocycles. The Morgan fingerprint density at radius 2 is 2.30 bits per heavy atom. The summed E-state index contributed by atoms with van der Waals surface area (Å²) >= 11 is 0. The van der Waals surface area contributed by atoms with Gasteiger partial charge in [0.1, 0.15) is 0 Å². The van der Waals surface area contributed by atoms with Crippen molar-refractivity contribution in [3.63, 3.8) is 0 Å². The van der Waals surface area contributed by atoms with Gasteiger partial charge in [-0.25, -0.2) is 0 Å². The normalized spacial score (nSPS) is 33.7. The van der Waals surface area contributed by atoms with Crippen LogP contribution in [-0.2, 0) is 0 Å². The maximum atomic E-state index is 2.41. The van der Waals surface area contributed by atoms with Gasteiger partial charge in [-0.15, -0.1) is 0 Å². The van der Waals surface area contributed by atoms with Gasteiger partial charge in [-0.1, -0.05) is 31.9 Å². The molecule has 0 saturated heterocycles. The molecular weight excluding hydrogens is 120 g/mol. The molecule has 0 nitrogen and oxygen atoms in total. The van der Waals surface area contributed by atoms with Crippen LogP contribution in [0.5, 0.6) is 0 Å². The summed E-state index contributed by atoms with van der Waals surface area (Å²) < 4.78 is 0. The molecule has 0 heterocycles. The lowest BCUT2D eigenvalue weighted by atomic mass is 9.80. The van der Waals surface area contributed by atoms with Crippen molar-refractivity contribution >= 4 is 0 Å². The van der Waals surface area contributed by atoms with Crippen LogP contribution in [0.25, 0.3) is 0 Å². The molecule has 0 N–H and O–H groups in total. The van der Waals surface area contributed by atoms with Crippen molar-refractivity contribution in [2.45, 2.75) is 40.0 Å². The predicted octanol–water partition coefficient (Wildman–Crippen LogP) is 3.39. The van der Waals surface area contributed by atoms with Crippen LogP contribution < -0.4 is 0 Å². The van der Waals surface area contributed by atoms with E-state index in [1.54, 1.807) is 5.57 Å². The summed E-state index contributed by atoms with van der Waals surface area (Å²) in [5, 5.41) is 0. The Kier molecular flexibility index (Phi) is 2.53. The molecule has 58 valence electrons. The maximum absolute atomic E-state index is 2.41. The molecule has 0 bridgehead atoms. The van der Waals surface area contributed by atoms with Crippen LogP contribution in [0.1, 0.15) is 40.0 Å². The minimum atomic E-state index is 0.926. The van der Waals surface area contributed by atoms with Gasteiger partial charge in [-0.3, -0.25) is 0 Å². The van der Waals surface area contributed by atoms with E-state index in [2.05, 4.69) is 26.8 Å². The zero-order valence-electron chi connectivity index (χ0n) is 7.35. The van der Waals surface area contributed by atoms with Crippen LogP contribution in [0.2, 0.25) is 0 Å². The van der Waals surface area contributed by atoms with E-state index in [4.69, 9.17) is 0 Å². The third kappa shape index (κ3) is 1.62. The zero-order valence-corrected chi connectivity index (χ0v) is 7.35. The Labute approximate surface area is 64.3 Å². The lowest BCUT2D eigenvalue weighted by molar-refractivity contribution is 0.331. The van der Waals surface area contributed by atoms with E-state index in [0.717, 1.165) is 11.8 Å². The van der Waals surface area contributed by atoms with E-state index in [1.807, 2.05) is 0 Å². The highest BCUT2D eigenvalue weighted by molar-refractivity contribution is 5.04. The molecule has 0 aromatic heterocycles. The maximum Gasteiger partial charge on any atom is -0.0294 e. The Bertz CT molecular complexity index is 133. The molecule has 0 aromatic rings. The average Bonchev–Trinajstić information content (AvgIpc) is 1.88. The largest absolute Gasteiger partial charge is 0.0853 e. The minimum absolute atomic E-state index is 0.926. The highest BCUT2D eigenvalue weighted by atomic mass is 14.2. The second kappa shape index (κ2) is 3.23. The molecule has 0 spiro atoms. The first-order valence-corrected chi connectivity index (χ1v) is 4.39. The van der Waals surface area contributed by atoms with Crippen LogP contribution >= 0.6 is 0 Å².